The molecule has 9 nitrogen and oxygen atoms in total. The number of phenols is 1. The Morgan fingerprint density at radius 1 is 0.974 bits per heavy atom. The van der Waals surface area contributed by atoms with E-state index in [-0.39, 0.29) is 47.4 Å². The fraction of sp³-hybridized carbons (Fsp3) is 0.267. The highest BCUT2D eigenvalue weighted by Crippen LogP contribution is 2.55. The van der Waals surface area contributed by atoms with Crippen LogP contribution in [0.1, 0.15) is 36.8 Å². The summed E-state index contributed by atoms with van der Waals surface area (Å²) in [7, 11) is 0. The minimum Gasteiger partial charge on any atom is -0.508 e. The largest absolute Gasteiger partial charge is 0.508 e. The molecular formula is C30H24N2O7. The number of nitro groups is 1. The van der Waals surface area contributed by atoms with E-state index in [2.05, 4.69) is 0 Å². The first kappa shape index (κ1) is 24.7. The molecule has 9 heteroatoms. The number of phenolic OH excluding ortho intramolecular Hbond substituents is 1. The number of aryl methyl sites for hydroxylation is 1. The summed E-state index contributed by atoms with van der Waals surface area (Å²) in [4.78, 5) is 65.6. The van der Waals surface area contributed by atoms with E-state index in [1.54, 1.807) is 32.0 Å². The van der Waals surface area contributed by atoms with Gasteiger partial charge in [0.15, 0.2) is 11.6 Å². The highest BCUT2D eigenvalue weighted by Gasteiger charge is 2.56. The second-order valence-corrected chi connectivity index (χ2v) is 10.6. The number of allylic oxidation sites excluding steroid dienone is 6. The molecule has 0 bridgehead atoms. The van der Waals surface area contributed by atoms with Crippen LogP contribution in [0, 0.1) is 34.8 Å². The summed E-state index contributed by atoms with van der Waals surface area (Å²) in [5.41, 5.74) is 3.36. The number of non-ortho nitro benzene ring substituents is 1. The van der Waals surface area contributed by atoms with Gasteiger partial charge in [-0.2, -0.15) is 0 Å². The molecule has 2 amide bonds. The lowest BCUT2D eigenvalue weighted by Crippen LogP contribution is -2.39. The Hall–Kier alpha value is -4.66. The molecule has 4 unspecified atom stereocenters. The first-order valence-electron chi connectivity index (χ1n) is 12.7. The zero-order chi connectivity index (χ0) is 27.7. The van der Waals surface area contributed by atoms with Crippen LogP contribution in [-0.2, 0) is 19.2 Å². The van der Waals surface area contributed by atoms with Gasteiger partial charge in [-0.25, -0.2) is 0 Å². The van der Waals surface area contributed by atoms with E-state index in [4.69, 9.17) is 0 Å². The number of imide groups is 1. The van der Waals surface area contributed by atoms with E-state index in [9.17, 15) is 34.4 Å². The van der Waals surface area contributed by atoms with Gasteiger partial charge in [-0.05, 0) is 68.0 Å². The Labute approximate surface area is 223 Å². The zero-order valence-electron chi connectivity index (χ0n) is 21.2. The fourth-order valence-electron chi connectivity index (χ4n) is 6.60. The Kier molecular flexibility index (Phi) is 5.50. The number of amides is 2. The molecule has 0 aromatic heterocycles. The van der Waals surface area contributed by atoms with Gasteiger partial charge in [0, 0.05) is 34.8 Å². The fourth-order valence-corrected chi connectivity index (χ4v) is 6.60. The van der Waals surface area contributed by atoms with Crippen molar-refractivity contribution in [2.75, 3.05) is 4.90 Å². The van der Waals surface area contributed by atoms with Crippen LogP contribution < -0.4 is 4.90 Å². The molecule has 0 radical (unpaired) electrons. The van der Waals surface area contributed by atoms with Gasteiger partial charge in [0.25, 0.3) is 5.69 Å². The van der Waals surface area contributed by atoms with Crippen molar-refractivity contribution in [3.8, 4) is 5.75 Å². The van der Waals surface area contributed by atoms with Gasteiger partial charge in [0.05, 0.1) is 22.4 Å². The van der Waals surface area contributed by atoms with Crippen molar-refractivity contribution in [2.24, 2.45) is 17.8 Å². The van der Waals surface area contributed by atoms with Crippen molar-refractivity contribution in [3.05, 3.63) is 98.2 Å². The number of benzene rings is 2. The monoisotopic (exact) mass is 524 g/mol. The molecular weight excluding hydrogens is 500 g/mol. The predicted octanol–water partition coefficient (Wildman–Crippen LogP) is 4.24. The number of anilines is 1. The van der Waals surface area contributed by atoms with Crippen LogP contribution in [0.2, 0.25) is 0 Å². The van der Waals surface area contributed by atoms with Crippen molar-refractivity contribution in [3.63, 3.8) is 0 Å². The number of rotatable bonds is 3. The van der Waals surface area contributed by atoms with Crippen molar-refractivity contribution in [2.45, 2.75) is 32.6 Å². The molecule has 4 aliphatic rings. The number of ketones is 2. The Balaban J connectivity index is 1.46. The van der Waals surface area contributed by atoms with Gasteiger partial charge in [-0.15, -0.1) is 0 Å². The van der Waals surface area contributed by atoms with Crippen LogP contribution in [0.3, 0.4) is 0 Å². The van der Waals surface area contributed by atoms with Crippen molar-refractivity contribution >= 4 is 34.8 Å². The summed E-state index contributed by atoms with van der Waals surface area (Å²) in [6, 6.07) is 10.3. The van der Waals surface area contributed by atoms with Gasteiger partial charge < -0.3 is 5.11 Å². The van der Waals surface area contributed by atoms with Crippen LogP contribution in [0.25, 0.3) is 0 Å². The summed E-state index contributed by atoms with van der Waals surface area (Å²) in [6.45, 7) is 3.35. The van der Waals surface area contributed by atoms with E-state index in [0.29, 0.717) is 22.3 Å². The van der Waals surface area contributed by atoms with Crippen molar-refractivity contribution in [1.29, 1.82) is 0 Å². The first-order chi connectivity index (χ1) is 18.6. The van der Waals surface area contributed by atoms with Gasteiger partial charge in [-0.3, -0.25) is 34.2 Å². The number of carbonyl (C=O) groups excluding carboxylic acids is 4. The second-order valence-electron chi connectivity index (χ2n) is 10.6. The van der Waals surface area contributed by atoms with E-state index >= 15 is 0 Å². The third-order valence-electron chi connectivity index (χ3n) is 8.44. The first-order valence-corrected chi connectivity index (χ1v) is 12.7. The molecule has 4 atom stereocenters. The molecule has 0 spiro atoms. The van der Waals surface area contributed by atoms with Crippen molar-refractivity contribution in [1.82, 2.24) is 0 Å². The lowest BCUT2D eigenvalue weighted by atomic mass is 9.59. The maximum absolute atomic E-state index is 13.9. The highest BCUT2D eigenvalue weighted by atomic mass is 16.6. The smallest absolute Gasteiger partial charge is 0.269 e. The minimum atomic E-state index is -0.739. The van der Waals surface area contributed by atoms with Gasteiger partial charge in [-0.1, -0.05) is 23.8 Å². The minimum absolute atomic E-state index is 0.107. The van der Waals surface area contributed by atoms with Crippen LogP contribution in [0.15, 0.2) is 76.9 Å². The number of aromatic hydroxyl groups is 1. The van der Waals surface area contributed by atoms with E-state index in [1.807, 2.05) is 6.08 Å². The summed E-state index contributed by atoms with van der Waals surface area (Å²) in [5, 5.41) is 21.2. The van der Waals surface area contributed by atoms with Gasteiger partial charge >= 0.3 is 0 Å². The number of hydrogen-bond acceptors (Lipinski definition) is 7. The Morgan fingerprint density at radius 3 is 2.36 bits per heavy atom. The number of hydrogen-bond donors (Lipinski definition) is 1. The van der Waals surface area contributed by atoms with Gasteiger partial charge in [0.2, 0.25) is 11.8 Å². The Morgan fingerprint density at radius 2 is 1.69 bits per heavy atom. The predicted molar refractivity (Wildman–Crippen MR) is 140 cm³/mol. The quantitative estimate of drug-likeness (QED) is 0.209. The molecule has 2 aromatic rings. The van der Waals surface area contributed by atoms with Crippen LogP contribution in [0.4, 0.5) is 11.4 Å². The number of carbonyl (C=O) groups is 4. The second kappa shape index (κ2) is 8.69. The van der Waals surface area contributed by atoms with Gasteiger partial charge in [0.1, 0.15) is 5.75 Å². The summed E-state index contributed by atoms with van der Waals surface area (Å²) in [6.07, 6.45) is 3.74. The average molecular weight is 525 g/mol. The number of fused-ring (bicyclic) bond motifs is 3. The average Bonchev–Trinajstić information content (AvgIpc) is 3.17. The molecule has 1 heterocycles. The molecule has 1 aliphatic heterocycles. The summed E-state index contributed by atoms with van der Waals surface area (Å²) in [5.74, 6) is -3.63. The third kappa shape index (κ3) is 3.60. The standard InChI is InChI=1S/C30H24N2O7/c1-14-11-16(3-10-23(14)33)25-19-8-9-20-26(21(19)13-22-27(25)24(34)12-15(2)28(22)35)30(37)31(29(20)36)17-4-6-18(7-5-17)32(38)39/h3-8,10-12,20-21,25-26,33H,9,13H2,1-2H3. The molecule has 39 heavy (non-hydrogen) atoms. The summed E-state index contributed by atoms with van der Waals surface area (Å²) < 4.78 is 0. The summed E-state index contributed by atoms with van der Waals surface area (Å²) >= 11 is 0. The molecule has 0 saturated carbocycles. The van der Waals surface area contributed by atoms with E-state index in [1.165, 1.54) is 30.3 Å². The number of Topliss-reactive ketones (excluding diaryl/α,β-unsaturated/α-hetero) is 1. The maximum atomic E-state index is 13.9. The zero-order valence-corrected chi connectivity index (χ0v) is 21.2. The van der Waals surface area contributed by atoms with E-state index < -0.39 is 34.5 Å². The molecule has 1 fully saturated rings. The van der Waals surface area contributed by atoms with Crippen LogP contribution >= 0.6 is 0 Å². The molecule has 1 saturated heterocycles. The number of nitro benzene ring substituents is 1. The normalized spacial score (nSPS) is 26.2. The van der Waals surface area contributed by atoms with E-state index in [0.717, 1.165) is 16.0 Å². The molecule has 2 aromatic carbocycles. The van der Waals surface area contributed by atoms with Crippen molar-refractivity contribution < 1.29 is 29.2 Å². The highest BCUT2D eigenvalue weighted by molar-refractivity contribution is 6.25. The lowest BCUT2D eigenvalue weighted by Gasteiger charge is -2.42. The maximum Gasteiger partial charge on any atom is 0.269 e. The molecule has 3 aliphatic carbocycles. The van der Waals surface area contributed by atoms with Crippen LogP contribution in [0.5, 0.6) is 5.75 Å². The molecule has 1 N–H and O–H groups in total. The lowest BCUT2D eigenvalue weighted by molar-refractivity contribution is -0.384. The number of nitrogens with zero attached hydrogens (tertiary/aromatic N) is 2. The molecule has 6 rings (SSSR count). The SMILES string of the molecule is CC1=CC(=O)C2=C(CC3C(=CCC4C(=O)N(c5ccc([N+](=O)[O-])cc5)C(=O)C43)C2c2ccc(O)c(C)c2)C1=O. The topological polar surface area (TPSA) is 135 Å². The third-order valence-corrected chi connectivity index (χ3v) is 8.44. The van der Waals surface area contributed by atoms with Crippen LogP contribution in [-0.4, -0.2) is 33.4 Å². The Bertz CT molecular complexity index is 1610. The molecule has 196 valence electrons.